The Kier molecular flexibility index (Phi) is 7.37. The van der Waals surface area contributed by atoms with E-state index in [0.29, 0.717) is 0 Å². The maximum atomic E-state index is 11.1. The van der Waals surface area contributed by atoms with Gasteiger partial charge >= 0.3 is 11.9 Å². The zero-order valence-corrected chi connectivity index (χ0v) is 10.8. The molecule has 0 saturated heterocycles. The molecule has 2 atom stereocenters. The van der Waals surface area contributed by atoms with Crippen LogP contribution in [-0.2, 0) is 14.3 Å². The quantitative estimate of drug-likeness (QED) is 0.731. The average Bonchev–Trinajstić information content (AvgIpc) is 2.09. The number of aliphatic carboxylic acids is 1. The SMILES string of the molecule is COC(=O)[C@@H](N)CC(C(=O)O)C(C)(C)C.Cl. The molecule has 1 unspecified atom stereocenters. The van der Waals surface area contributed by atoms with Gasteiger partial charge in [-0.3, -0.25) is 9.59 Å². The minimum Gasteiger partial charge on any atom is -0.481 e. The van der Waals surface area contributed by atoms with Gasteiger partial charge in [-0.1, -0.05) is 20.8 Å². The van der Waals surface area contributed by atoms with Gasteiger partial charge in [-0.2, -0.15) is 0 Å². The fourth-order valence-corrected chi connectivity index (χ4v) is 1.33. The summed E-state index contributed by atoms with van der Waals surface area (Å²) in [5.74, 6) is -2.18. The number of carboxylic acids is 1. The van der Waals surface area contributed by atoms with E-state index in [4.69, 9.17) is 10.8 Å². The summed E-state index contributed by atoms with van der Waals surface area (Å²) in [6.07, 6.45) is 0.0888. The van der Waals surface area contributed by atoms with Gasteiger partial charge in [0.2, 0.25) is 0 Å². The lowest BCUT2D eigenvalue weighted by Gasteiger charge is -2.28. The molecule has 0 spiro atoms. The molecular weight excluding hydrogens is 234 g/mol. The first-order valence-electron chi connectivity index (χ1n) is 4.76. The van der Waals surface area contributed by atoms with Crippen LogP contribution in [0, 0.1) is 11.3 Å². The summed E-state index contributed by atoms with van der Waals surface area (Å²) in [7, 11) is 1.23. The van der Waals surface area contributed by atoms with E-state index in [2.05, 4.69) is 4.74 Å². The Morgan fingerprint density at radius 1 is 1.38 bits per heavy atom. The zero-order valence-electron chi connectivity index (χ0n) is 10.0. The predicted octanol–water partition coefficient (Wildman–Crippen LogP) is 1.05. The van der Waals surface area contributed by atoms with Crippen LogP contribution in [0.3, 0.4) is 0 Å². The average molecular weight is 254 g/mol. The molecular formula is C10H20ClNO4. The number of methoxy groups -OCH3 is 1. The normalized spacial score (nSPS) is 14.6. The summed E-state index contributed by atoms with van der Waals surface area (Å²) in [5.41, 5.74) is 5.09. The Morgan fingerprint density at radius 2 is 1.81 bits per heavy atom. The summed E-state index contributed by atoms with van der Waals surface area (Å²) in [6.45, 7) is 5.40. The molecule has 0 radical (unpaired) electrons. The van der Waals surface area contributed by atoms with Crippen molar-refractivity contribution in [2.45, 2.75) is 33.2 Å². The van der Waals surface area contributed by atoms with Gasteiger partial charge in [0, 0.05) is 0 Å². The highest BCUT2D eigenvalue weighted by Crippen LogP contribution is 2.29. The number of carbonyl (C=O) groups is 2. The monoisotopic (exact) mass is 253 g/mol. The molecule has 6 heteroatoms. The van der Waals surface area contributed by atoms with Crippen molar-refractivity contribution in [3.8, 4) is 0 Å². The molecule has 0 aliphatic rings. The van der Waals surface area contributed by atoms with Gasteiger partial charge in [-0.15, -0.1) is 12.4 Å². The fourth-order valence-electron chi connectivity index (χ4n) is 1.33. The summed E-state index contributed by atoms with van der Waals surface area (Å²) in [5, 5.41) is 9.00. The van der Waals surface area contributed by atoms with E-state index in [9.17, 15) is 9.59 Å². The van der Waals surface area contributed by atoms with Crippen molar-refractivity contribution in [2.75, 3.05) is 7.11 Å². The highest BCUT2D eigenvalue weighted by Gasteiger charge is 2.34. The van der Waals surface area contributed by atoms with Crippen molar-refractivity contribution in [3.05, 3.63) is 0 Å². The molecule has 0 aliphatic heterocycles. The summed E-state index contributed by atoms with van der Waals surface area (Å²) < 4.78 is 4.45. The lowest BCUT2D eigenvalue weighted by Crippen LogP contribution is -2.39. The lowest BCUT2D eigenvalue weighted by atomic mass is 9.77. The minimum atomic E-state index is -0.943. The minimum absolute atomic E-state index is 0. The van der Waals surface area contributed by atoms with Crippen molar-refractivity contribution < 1.29 is 19.4 Å². The molecule has 0 saturated carbocycles. The van der Waals surface area contributed by atoms with Crippen molar-refractivity contribution >= 4 is 24.3 Å². The number of nitrogens with two attached hydrogens (primary N) is 1. The Bertz CT molecular complexity index is 250. The molecule has 0 heterocycles. The van der Waals surface area contributed by atoms with Crippen molar-refractivity contribution in [1.82, 2.24) is 0 Å². The van der Waals surface area contributed by atoms with E-state index in [1.165, 1.54) is 7.11 Å². The molecule has 0 aromatic heterocycles. The predicted molar refractivity (Wildman–Crippen MR) is 62.4 cm³/mol. The number of hydrogen-bond donors (Lipinski definition) is 2. The van der Waals surface area contributed by atoms with Gasteiger partial charge in [-0.05, 0) is 11.8 Å². The van der Waals surface area contributed by atoms with Crippen molar-refractivity contribution in [2.24, 2.45) is 17.1 Å². The van der Waals surface area contributed by atoms with Gasteiger partial charge in [-0.25, -0.2) is 0 Å². The summed E-state index contributed by atoms with van der Waals surface area (Å²) >= 11 is 0. The van der Waals surface area contributed by atoms with Gasteiger partial charge in [0.1, 0.15) is 6.04 Å². The molecule has 3 N–H and O–H groups in total. The Labute approximate surface area is 102 Å². The largest absolute Gasteiger partial charge is 0.481 e. The highest BCUT2D eigenvalue weighted by atomic mass is 35.5. The van der Waals surface area contributed by atoms with Crippen LogP contribution >= 0.6 is 12.4 Å². The molecule has 5 nitrogen and oxygen atoms in total. The second-order valence-electron chi connectivity index (χ2n) is 4.62. The van der Waals surface area contributed by atoms with Crippen molar-refractivity contribution in [3.63, 3.8) is 0 Å². The topological polar surface area (TPSA) is 89.6 Å². The Morgan fingerprint density at radius 3 is 2.06 bits per heavy atom. The van der Waals surface area contributed by atoms with Gasteiger partial charge in [0.15, 0.2) is 0 Å². The van der Waals surface area contributed by atoms with Crippen molar-refractivity contribution in [1.29, 1.82) is 0 Å². The third-order valence-electron chi connectivity index (χ3n) is 2.34. The second-order valence-corrected chi connectivity index (χ2v) is 4.62. The van der Waals surface area contributed by atoms with E-state index < -0.39 is 29.3 Å². The number of halogens is 1. The standard InChI is InChI=1S/C10H19NO4.ClH/c1-10(2,3)6(8(12)13)5-7(11)9(14)15-4;/h6-7H,5,11H2,1-4H3,(H,12,13);1H/t6?,7-;/m0./s1. The Balaban J connectivity index is 0. The molecule has 16 heavy (non-hydrogen) atoms. The van der Waals surface area contributed by atoms with E-state index in [0.717, 1.165) is 0 Å². The van der Waals surface area contributed by atoms with Gasteiger partial charge in [0.25, 0.3) is 0 Å². The maximum Gasteiger partial charge on any atom is 0.322 e. The van der Waals surface area contributed by atoms with Crippen LogP contribution in [0.1, 0.15) is 27.2 Å². The fraction of sp³-hybridized carbons (Fsp3) is 0.800. The number of carbonyl (C=O) groups excluding carboxylic acids is 1. The third kappa shape index (κ3) is 5.32. The smallest absolute Gasteiger partial charge is 0.322 e. The first-order valence-corrected chi connectivity index (χ1v) is 4.76. The summed E-state index contributed by atoms with van der Waals surface area (Å²) in [6, 6.07) is -0.879. The molecule has 0 aliphatic carbocycles. The molecule has 0 bridgehead atoms. The number of ether oxygens (including phenoxy) is 1. The van der Waals surface area contributed by atoms with Crippen LogP contribution in [0.5, 0.6) is 0 Å². The van der Waals surface area contributed by atoms with Crippen LogP contribution in [0.4, 0.5) is 0 Å². The van der Waals surface area contributed by atoms with Crippen LogP contribution < -0.4 is 5.73 Å². The van der Waals surface area contributed by atoms with Gasteiger partial charge in [0.05, 0.1) is 13.0 Å². The first kappa shape index (κ1) is 17.6. The number of esters is 1. The molecule has 0 aromatic carbocycles. The first-order chi connectivity index (χ1) is 6.70. The van der Waals surface area contributed by atoms with Crippen LogP contribution in [-0.4, -0.2) is 30.2 Å². The van der Waals surface area contributed by atoms with E-state index >= 15 is 0 Å². The molecule has 96 valence electrons. The molecule has 0 rings (SSSR count). The number of carboxylic acid groups (broad SMARTS) is 1. The lowest BCUT2D eigenvalue weighted by molar-refractivity contribution is -0.148. The highest BCUT2D eigenvalue weighted by molar-refractivity contribution is 5.85. The third-order valence-corrected chi connectivity index (χ3v) is 2.34. The number of rotatable bonds is 4. The molecule has 0 amide bonds. The van der Waals surface area contributed by atoms with E-state index in [1.54, 1.807) is 20.8 Å². The van der Waals surface area contributed by atoms with E-state index in [-0.39, 0.29) is 18.8 Å². The Hall–Kier alpha value is -0.810. The zero-order chi connectivity index (χ0) is 12.2. The molecule has 0 fully saturated rings. The molecule has 0 aromatic rings. The van der Waals surface area contributed by atoms with Crippen LogP contribution in [0.25, 0.3) is 0 Å². The number of hydrogen-bond acceptors (Lipinski definition) is 4. The second kappa shape index (κ2) is 6.70. The van der Waals surface area contributed by atoms with Crippen LogP contribution in [0.2, 0.25) is 0 Å². The van der Waals surface area contributed by atoms with Gasteiger partial charge < -0.3 is 15.6 Å². The maximum absolute atomic E-state index is 11.1. The van der Waals surface area contributed by atoms with Crippen LogP contribution in [0.15, 0.2) is 0 Å². The summed E-state index contributed by atoms with van der Waals surface area (Å²) in [4.78, 5) is 22.0. The van der Waals surface area contributed by atoms with E-state index in [1.807, 2.05) is 0 Å².